The number of benzene rings is 1. The lowest BCUT2D eigenvalue weighted by molar-refractivity contribution is 0.0636. The minimum Gasteiger partial charge on any atom is -0.336 e. The number of amides is 2. The predicted octanol–water partition coefficient (Wildman–Crippen LogP) is 3.74. The van der Waals surface area contributed by atoms with Crippen LogP contribution in [0.3, 0.4) is 0 Å². The Morgan fingerprint density at radius 2 is 1.93 bits per heavy atom. The molecule has 0 bridgehead atoms. The molecule has 1 unspecified atom stereocenters. The minimum absolute atomic E-state index is 0.0461. The van der Waals surface area contributed by atoms with Crippen molar-refractivity contribution in [1.29, 1.82) is 0 Å². The first-order chi connectivity index (χ1) is 14.1. The van der Waals surface area contributed by atoms with Gasteiger partial charge in [-0.25, -0.2) is 0 Å². The number of para-hydroxylation sites is 1. The Morgan fingerprint density at radius 1 is 1.14 bits per heavy atom. The molecule has 1 fully saturated rings. The molecular weight excluding hydrogens is 366 g/mol. The van der Waals surface area contributed by atoms with Gasteiger partial charge in [0.2, 0.25) is 0 Å². The van der Waals surface area contributed by atoms with Crippen LogP contribution in [0.5, 0.6) is 0 Å². The molecule has 0 spiro atoms. The summed E-state index contributed by atoms with van der Waals surface area (Å²) in [5.74, 6) is -0.389. The number of anilines is 1. The molecule has 1 saturated heterocycles. The number of likely N-dealkylation sites (tertiary alicyclic amines) is 1. The van der Waals surface area contributed by atoms with Gasteiger partial charge < -0.3 is 10.2 Å². The van der Waals surface area contributed by atoms with E-state index in [4.69, 9.17) is 0 Å². The molecule has 1 aromatic carbocycles. The van der Waals surface area contributed by atoms with Crippen LogP contribution in [0.1, 0.15) is 47.0 Å². The molecule has 0 aliphatic carbocycles. The number of aromatic amines is 1. The first kappa shape index (κ1) is 18.9. The number of pyridine rings is 1. The van der Waals surface area contributed by atoms with Gasteiger partial charge >= 0.3 is 0 Å². The Labute approximate surface area is 169 Å². The van der Waals surface area contributed by atoms with Gasteiger partial charge in [-0.2, -0.15) is 5.10 Å². The zero-order valence-corrected chi connectivity index (χ0v) is 16.3. The highest BCUT2D eigenvalue weighted by Gasteiger charge is 2.26. The Bertz CT molecular complexity index is 1010. The highest BCUT2D eigenvalue weighted by molar-refractivity contribution is 6.08. The second kappa shape index (κ2) is 8.26. The van der Waals surface area contributed by atoms with Crippen LogP contribution in [0, 0.1) is 0 Å². The number of hydrogen-bond donors (Lipinski definition) is 2. The lowest BCUT2D eigenvalue weighted by Gasteiger charge is -2.33. The van der Waals surface area contributed by atoms with E-state index in [0.717, 1.165) is 31.4 Å². The quantitative estimate of drug-likeness (QED) is 0.711. The van der Waals surface area contributed by atoms with E-state index in [1.54, 1.807) is 36.7 Å². The summed E-state index contributed by atoms with van der Waals surface area (Å²) in [5, 5.41) is 9.82. The molecule has 7 heteroatoms. The topological polar surface area (TPSA) is 91.0 Å². The normalized spacial score (nSPS) is 16.4. The number of carbonyl (C=O) groups excluding carboxylic acids is 2. The zero-order valence-electron chi connectivity index (χ0n) is 16.3. The third-order valence-electron chi connectivity index (χ3n) is 5.27. The van der Waals surface area contributed by atoms with Gasteiger partial charge in [-0.15, -0.1) is 0 Å². The van der Waals surface area contributed by atoms with E-state index in [-0.39, 0.29) is 17.9 Å². The average Bonchev–Trinajstić information content (AvgIpc) is 3.25. The second-order valence-electron chi connectivity index (χ2n) is 7.25. The summed E-state index contributed by atoms with van der Waals surface area (Å²) in [6.45, 7) is 2.82. The highest BCUT2D eigenvalue weighted by Crippen LogP contribution is 2.24. The van der Waals surface area contributed by atoms with Crippen LogP contribution in [0.2, 0.25) is 0 Å². The molecule has 148 valence electrons. The fraction of sp³-hybridized carbons (Fsp3) is 0.273. The van der Waals surface area contributed by atoms with Crippen molar-refractivity contribution >= 4 is 17.5 Å². The number of H-pyrrole nitrogens is 1. The molecule has 2 amide bonds. The number of aromatic nitrogens is 3. The number of hydrogen-bond acceptors (Lipinski definition) is 4. The number of rotatable bonds is 4. The maximum Gasteiger partial charge on any atom is 0.273 e. The fourth-order valence-electron chi connectivity index (χ4n) is 3.63. The van der Waals surface area contributed by atoms with Gasteiger partial charge in [-0.1, -0.05) is 12.1 Å². The third kappa shape index (κ3) is 4.03. The predicted molar refractivity (Wildman–Crippen MR) is 111 cm³/mol. The zero-order chi connectivity index (χ0) is 20.2. The van der Waals surface area contributed by atoms with Crippen LogP contribution in [0.25, 0.3) is 11.3 Å². The van der Waals surface area contributed by atoms with Gasteiger partial charge in [0.1, 0.15) is 5.69 Å². The van der Waals surface area contributed by atoms with E-state index in [1.807, 2.05) is 23.1 Å². The van der Waals surface area contributed by atoms with Crippen molar-refractivity contribution in [3.05, 3.63) is 66.1 Å². The highest BCUT2D eigenvalue weighted by atomic mass is 16.2. The first-order valence-corrected chi connectivity index (χ1v) is 9.80. The van der Waals surface area contributed by atoms with Crippen molar-refractivity contribution in [3.63, 3.8) is 0 Å². The molecule has 2 N–H and O–H groups in total. The van der Waals surface area contributed by atoms with Gasteiger partial charge in [-0.05, 0) is 56.5 Å². The minimum atomic E-state index is -0.343. The van der Waals surface area contributed by atoms with Crippen LogP contribution in [0.15, 0.2) is 54.9 Å². The largest absolute Gasteiger partial charge is 0.336 e. The van der Waals surface area contributed by atoms with Gasteiger partial charge in [0, 0.05) is 30.5 Å². The van der Waals surface area contributed by atoms with Crippen molar-refractivity contribution in [2.45, 2.75) is 32.2 Å². The number of carbonyl (C=O) groups is 2. The Morgan fingerprint density at radius 3 is 2.72 bits per heavy atom. The van der Waals surface area contributed by atoms with Crippen LogP contribution >= 0.6 is 0 Å². The summed E-state index contributed by atoms with van der Waals surface area (Å²) in [4.78, 5) is 31.7. The maximum absolute atomic E-state index is 13.1. The van der Waals surface area contributed by atoms with E-state index in [2.05, 4.69) is 27.4 Å². The SMILES string of the molecule is CC1CCCCN1C(=O)c1ccccc1NC(=O)c1cc(-c2ccncc2)n[nH]1. The van der Waals surface area contributed by atoms with E-state index in [0.29, 0.717) is 22.6 Å². The number of nitrogens with zero attached hydrogens (tertiary/aromatic N) is 3. The molecule has 1 aliphatic heterocycles. The summed E-state index contributed by atoms with van der Waals surface area (Å²) in [5.41, 5.74) is 2.85. The Balaban J connectivity index is 1.54. The standard InChI is InChI=1S/C22H23N5O2/c1-15-6-4-5-13-27(15)22(29)17-7-2-3-8-18(17)24-21(28)20-14-19(25-26-20)16-9-11-23-12-10-16/h2-3,7-12,14-15H,4-6,13H2,1H3,(H,24,28)(H,25,26). The lowest BCUT2D eigenvalue weighted by atomic mass is 10.0. The molecular formula is C22H23N5O2. The van der Waals surface area contributed by atoms with Crippen LogP contribution in [0.4, 0.5) is 5.69 Å². The summed E-state index contributed by atoms with van der Waals surface area (Å²) in [6, 6.07) is 12.7. The van der Waals surface area contributed by atoms with E-state index < -0.39 is 0 Å². The average molecular weight is 389 g/mol. The van der Waals surface area contributed by atoms with E-state index in [9.17, 15) is 9.59 Å². The molecule has 1 atom stereocenters. The summed E-state index contributed by atoms with van der Waals surface area (Å²) in [7, 11) is 0. The number of nitrogens with one attached hydrogen (secondary N) is 2. The van der Waals surface area contributed by atoms with Crippen molar-refractivity contribution in [3.8, 4) is 11.3 Å². The van der Waals surface area contributed by atoms with Crippen LogP contribution in [-0.4, -0.2) is 44.5 Å². The lowest BCUT2D eigenvalue weighted by Crippen LogP contribution is -2.42. The summed E-state index contributed by atoms with van der Waals surface area (Å²) >= 11 is 0. The van der Waals surface area contributed by atoms with Crippen molar-refractivity contribution in [2.75, 3.05) is 11.9 Å². The fourth-order valence-corrected chi connectivity index (χ4v) is 3.63. The molecule has 3 heterocycles. The molecule has 0 saturated carbocycles. The van der Waals surface area contributed by atoms with Gasteiger partial charge in [-0.3, -0.25) is 19.7 Å². The molecule has 4 rings (SSSR count). The van der Waals surface area contributed by atoms with Crippen molar-refractivity contribution in [2.24, 2.45) is 0 Å². The second-order valence-corrected chi connectivity index (χ2v) is 7.25. The van der Waals surface area contributed by atoms with E-state index >= 15 is 0 Å². The summed E-state index contributed by atoms with van der Waals surface area (Å²) in [6.07, 6.45) is 6.51. The van der Waals surface area contributed by atoms with Crippen molar-refractivity contribution < 1.29 is 9.59 Å². The Kier molecular flexibility index (Phi) is 5.37. The molecule has 3 aromatic rings. The maximum atomic E-state index is 13.1. The molecule has 0 radical (unpaired) electrons. The first-order valence-electron chi connectivity index (χ1n) is 9.80. The molecule has 7 nitrogen and oxygen atoms in total. The van der Waals surface area contributed by atoms with E-state index in [1.165, 1.54) is 0 Å². The molecule has 2 aromatic heterocycles. The van der Waals surface area contributed by atoms with Crippen LogP contribution < -0.4 is 5.32 Å². The smallest absolute Gasteiger partial charge is 0.273 e. The van der Waals surface area contributed by atoms with Crippen LogP contribution in [-0.2, 0) is 0 Å². The van der Waals surface area contributed by atoms with Gasteiger partial charge in [0.05, 0.1) is 16.9 Å². The van der Waals surface area contributed by atoms with Crippen molar-refractivity contribution in [1.82, 2.24) is 20.1 Å². The number of piperidine rings is 1. The molecule has 29 heavy (non-hydrogen) atoms. The summed E-state index contributed by atoms with van der Waals surface area (Å²) < 4.78 is 0. The monoisotopic (exact) mass is 389 g/mol. The van der Waals surface area contributed by atoms with Gasteiger partial charge in [0.25, 0.3) is 11.8 Å². The van der Waals surface area contributed by atoms with Gasteiger partial charge in [0.15, 0.2) is 0 Å². The third-order valence-corrected chi connectivity index (χ3v) is 5.27. The Hall–Kier alpha value is -3.48. The molecule has 1 aliphatic rings.